The third-order valence-electron chi connectivity index (χ3n) is 10.1. The van der Waals surface area contributed by atoms with Crippen molar-refractivity contribution in [2.75, 3.05) is 0 Å². The zero-order valence-electron chi connectivity index (χ0n) is 20.8. The van der Waals surface area contributed by atoms with Gasteiger partial charge in [0.2, 0.25) is 0 Å². The maximum atomic E-state index is 11.5. The molecule has 0 aliphatic heterocycles. The van der Waals surface area contributed by atoms with Crippen LogP contribution in [-0.2, 0) is 4.79 Å². The standard InChI is InChI=1S/C28H46O3/c1-16(8-7-12-27(4,5)31)22-9-10-23-26-24-20(11-13-28(22,23)6)18(3)21(25(24)26)15-19(30)14-17(2)29/h16,19-20,22-26,30-31H,7-15H2,1-6H3/t16-,19+,20?,22-,23+,24?,25?,26?,28-/m1/s1. The van der Waals surface area contributed by atoms with Crippen molar-refractivity contribution >= 4 is 5.78 Å². The van der Waals surface area contributed by atoms with Crippen LogP contribution in [-0.4, -0.2) is 27.7 Å². The highest BCUT2D eigenvalue weighted by Crippen LogP contribution is 2.75. The second-order valence-corrected chi connectivity index (χ2v) is 12.8. The van der Waals surface area contributed by atoms with Gasteiger partial charge in [-0.1, -0.05) is 37.8 Å². The first kappa shape index (κ1) is 23.5. The summed E-state index contributed by atoms with van der Waals surface area (Å²) >= 11 is 0. The third kappa shape index (κ3) is 4.31. The Labute approximate surface area is 190 Å². The van der Waals surface area contributed by atoms with E-state index in [-0.39, 0.29) is 5.78 Å². The molecule has 4 aliphatic rings. The molecule has 3 nitrogen and oxygen atoms in total. The van der Waals surface area contributed by atoms with Gasteiger partial charge < -0.3 is 10.2 Å². The summed E-state index contributed by atoms with van der Waals surface area (Å²) in [7, 11) is 0. The Morgan fingerprint density at radius 2 is 1.94 bits per heavy atom. The van der Waals surface area contributed by atoms with Crippen LogP contribution in [0.15, 0.2) is 11.1 Å². The molecule has 0 aromatic rings. The average Bonchev–Trinajstić information content (AvgIpc) is 3.17. The molecule has 2 N–H and O–H groups in total. The molecule has 176 valence electrons. The van der Waals surface area contributed by atoms with Crippen LogP contribution >= 0.6 is 0 Å². The number of carbonyl (C=O) groups excluding carboxylic acids is 1. The highest BCUT2D eigenvalue weighted by atomic mass is 16.3. The lowest BCUT2D eigenvalue weighted by Crippen LogP contribution is -2.33. The van der Waals surface area contributed by atoms with Crippen LogP contribution in [0.4, 0.5) is 0 Å². The van der Waals surface area contributed by atoms with Crippen molar-refractivity contribution in [2.45, 2.75) is 111 Å². The van der Waals surface area contributed by atoms with Crippen molar-refractivity contribution in [2.24, 2.45) is 46.8 Å². The Hall–Kier alpha value is -0.670. The number of ketones is 1. The number of Topliss-reactive ketones (excluding diaryl/α,β-unsaturated/α-hetero) is 1. The molecule has 3 fully saturated rings. The quantitative estimate of drug-likeness (QED) is 0.446. The molecule has 0 heterocycles. The summed E-state index contributed by atoms with van der Waals surface area (Å²) < 4.78 is 0. The van der Waals surface area contributed by atoms with Gasteiger partial charge in [0, 0.05) is 6.42 Å². The molecular weight excluding hydrogens is 384 g/mol. The van der Waals surface area contributed by atoms with Gasteiger partial charge in [0.1, 0.15) is 5.78 Å². The number of fused-ring (bicyclic) bond motifs is 3. The number of hydrogen-bond acceptors (Lipinski definition) is 3. The molecular formula is C28H46O3. The minimum Gasteiger partial charge on any atom is -0.392 e. The first-order valence-corrected chi connectivity index (χ1v) is 13.0. The van der Waals surface area contributed by atoms with Crippen LogP contribution in [0.2, 0.25) is 0 Å². The molecule has 3 heteroatoms. The summed E-state index contributed by atoms with van der Waals surface area (Å²) in [6, 6.07) is 0. The molecule has 4 aliphatic carbocycles. The Kier molecular flexibility index (Phi) is 6.27. The summed E-state index contributed by atoms with van der Waals surface area (Å²) in [6.45, 7) is 12.9. The summed E-state index contributed by atoms with van der Waals surface area (Å²) in [5.41, 5.74) is 3.00. The molecule has 0 spiro atoms. The van der Waals surface area contributed by atoms with Crippen molar-refractivity contribution in [1.82, 2.24) is 0 Å². The zero-order valence-corrected chi connectivity index (χ0v) is 20.8. The molecule has 31 heavy (non-hydrogen) atoms. The summed E-state index contributed by atoms with van der Waals surface area (Å²) in [6.07, 6.45) is 9.19. The minimum absolute atomic E-state index is 0.0956. The Morgan fingerprint density at radius 3 is 2.58 bits per heavy atom. The van der Waals surface area contributed by atoms with E-state index in [4.69, 9.17) is 0 Å². The van der Waals surface area contributed by atoms with Gasteiger partial charge in [0.15, 0.2) is 0 Å². The van der Waals surface area contributed by atoms with Gasteiger partial charge in [0.05, 0.1) is 11.7 Å². The van der Waals surface area contributed by atoms with Crippen molar-refractivity contribution in [3.63, 3.8) is 0 Å². The number of allylic oxidation sites excluding steroid dienone is 1. The smallest absolute Gasteiger partial charge is 0.132 e. The van der Waals surface area contributed by atoms with Gasteiger partial charge in [-0.05, 0) is 113 Å². The maximum Gasteiger partial charge on any atom is 0.132 e. The van der Waals surface area contributed by atoms with E-state index in [0.29, 0.717) is 17.8 Å². The SMILES string of the molecule is CC(=O)C[C@H](O)CC1=C(C)C2CC[C@]3(C)[C@@H]([C@H](C)CCCC(C)(C)O)CC[C@H]3C3C1C23. The third-order valence-corrected chi connectivity index (χ3v) is 10.1. The average molecular weight is 431 g/mol. The minimum atomic E-state index is -0.545. The predicted molar refractivity (Wildman–Crippen MR) is 125 cm³/mol. The number of rotatable bonds is 9. The van der Waals surface area contributed by atoms with Crippen molar-refractivity contribution in [1.29, 1.82) is 0 Å². The van der Waals surface area contributed by atoms with Crippen LogP contribution in [0.1, 0.15) is 99.3 Å². The summed E-state index contributed by atoms with van der Waals surface area (Å²) in [4.78, 5) is 11.5. The van der Waals surface area contributed by atoms with E-state index in [1.807, 2.05) is 13.8 Å². The molecule has 0 bridgehead atoms. The second kappa shape index (κ2) is 8.28. The van der Waals surface area contributed by atoms with E-state index in [0.717, 1.165) is 54.8 Å². The lowest BCUT2D eigenvalue weighted by molar-refractivity contribution is -0.118. The van der Waals surface area contributed by atoms with Gasteiger partial charge in [-0.15, -0.1) is 0 Å². The van der Waals surface area contributed by atoms with E-state index < -0.39 is 11.7 Å². The molecule has 9 atom stereocenters. The van der Waals surface area contributed by atoms with Crippen LogP contribution in [0.3, 0.4) is 0 Å². The lowest BCUT2D eigenvalue weighted by Gasteiger charge is -2.40. The molecule has 0 aromatic carbocycles. The van der Waals surface area contributed by atoms with E-state index in [9.17, 15) is 15.0 Å². The van der Waals surface area contributed by atoms with E-state index in [1.54, 1.807) is 12.5 Å². The monoisotopic (exact) mass is 430 g/mol. The summed E-state index contributed by atoms with van der Waals surface area (Å²) in [5.74, 6) is 5.55. The van der Waals surface area contributed by atoms with E-state index in [1.165, 1.54) is 37.7 Å². The fourth-order valence-electron chi connectivity index (χ4n) is 8.77. The van der Waals surface area contributed by atoms with Gasteiger partial charge in [0.25, 0.3) is 0 Å². The first-order valence-electron chi connectivity index (χ1n) is 13.0. The number of carbonyl (C=O) groups is 1. The summed E-state index contributed by atoms with van der Waals surface area (Å²) in [5, 5.41) is 20.6. The number of hydrogen-bond donors (Lipinski definition) is 2. The topological polar surface area (TPSA) is 57.5 Å². The van der Waals surface area contributed by atoms with E-state index >= 15 is 0 Å². The van der Waals surface area contributed by atoms with Crippen LogP contribution in [0, 0.1) is 46.8 Å². The van der Waals surface area contributed by atoms with Gasteiger partial charge in [-0.25, -0.2) is 0 Å². The van der Waals surface area contributed by atoms with Crippen molar-refractivity contribution in [3.8, 4) is 0 Å². The van der Waals surface area contributed by atoms with Gasteiger partial charge in [-0.3, -0.25) is 4.79 Å². The zero-order chi connectivity index (χ0) is 22.7. The molecule has 4 rings (SSSR count). The molecule has 0 aromatic heterocycles. The molecule has 0 amide bonds. The Morgan fingerprint density at radius 1 is 1.23 bits per heavy atom. The molecule has 0 saturated heterocycles. The number of aliphatic hydroxyl groups excluding tert-OH is 1. The van der Waals surface area contributed by atoms with Gasteiger partial charge >= 0.3 is 0 Å². The van der Waals surface area contributed by atoms with E-state index in [2.05, 4.69) is 20.8 Å². The molecule has 0 radical (unpaired) electrons. The lowest BCUT2D eigenvalue weighted by atomic mass is 9.65. The number of aliphatic hydroxyl groups is 2. The van der Waals surface area contributed by atoms with Crippen LogP contribution in [0.25, 0.3) is 0 Å². The first-order chi connectivity index (χ1) is 14.4. The molecule has 4 unspecified atom stereocenters. The van der Waals surface area contributed by atoms with Crippen molar-refractivity contribution < 1.29 is 15.0 Å². The van der Waals surface area contributed by atoms with Crippen LogP contribution < -0.4 is 0 Å². The largest absolute Gasteiger partial charge is 0.392 e. The van der Waals surface area contributed by atoms with Crippen LogP contribution in [0.5, 0.6) is 0 Å². The predicted octanol–water partition coefficient (Wildman–Crippen LogP) is 5.93. The Bertz CT molecular complexity index is 731. The fraction of sp³-hybridized carbons (Fsp3) is 0.893. The fourth-order valence-corrected chi connectivity index (χ4v) is 8.77. The van der Waals surface area contributed by atoms with Crippen molar-refractivity contribution in [3.05, 3.63) is 11.1 Å². The van der Waals surface area contributed by atoms with Gasteiger partial charge in [-0.2, -0.15) is 0 Å². The highest BCUT2D eigenvalue weighted by Gasteiger charge is 2.68. The maximum absolute atomic E-state index is 11.5. The normalized spacial score (nSPS) is 40.9. The second-order valence-electron chi connectivity index (χ2n) is 12.8. The highest BCUT2D eigenvalue weighted by molar-refractivity contribution is 5.76. The molecule has 3 saturated carbocycles. The Balaban J connectivity index is 1.45.